The molecule has 1 N–H and O–H groups in total. The van der Waals surface area contributed by atoms with Gasteiger partial charge in [-0.1, -0.05) is 24.3 Å². The highest BCUT2D eigenvalue weighted by molar-refractivity contribution is 9.10. The quantitative estimate of drug-likeness (QED) is 0.836. The minimum absolute atomic E-state index is 0.0136. The maximum absolute atomic E-state index is 13.5. The Hall–Kier alpha value is -1.26. The van der Waals surface area contributed by atoms with Gasteiger partial charge in [0.1, 0.15) is 11.6 Å². The van der Waals surface area contributed by atoms with Crippen molar-refractivity contribution in [2.75, 3.05) is 0 Å². The summed E-state index contributed by atoms with van der Waals surface area (Å²) in [6.45, 7) is 4.20. The van der Waals surface area contributed by atoms with E-state index in [-0.39, 0.29) is 17.7 Å². The molecule has 20 heavy (non-hydrogen) atoms. The minimum Gasteiger partial charge on any atom is -0.306 e. The van der Waals surface area contributed by atoms with Gasteiger partial charge in [-0.25, -0.2) is 8.78 Å². The van der Waals surface area contributed by atoms with E-state index in [2.05, 4.69) is 21.2 Å². The molecule has 0 spiro atoms. The van der Waals surface area contributed by atoms with Crippen LogP contribution in [0.3, 0.4) is 0 Å². The highest BCUT2D eigenvalue weighted by Gasteiger charge is 2.09. The van der Waals surface area contributed by atoms with Crippen LogP contribution in [-0.2, 0) is 6.54 Å². The molecule has 1 unspecified atom stereocenters. The molecule has 0 bridgehead atoms. The fourth-order valence-electron chi connectivity index (χ4n) is 1.94. The molecule has 0 heterocycles. The lowest BCUT2D eigenvalue weighted by atomic mass is 10.1. The smallest absolute Gasteiger partial charge is 0.137 e. The van der Waals surface area contributed by atoms with Crippen LogP contribution in [0.25, 0.3) is 0 Å². The summed E-state index contributed by atoms with van der Waals surface area (Å²) in [5.41, 5.74) is 2.35. The third-order valence-electron chi connectivity index (χ3n) is 3.33. The van der Waals surface area contributed by atoms with Crippen LogP contribution in [0.1, 0.15) is 29.7 Å². The van der Waals surface area contributed by atoms with Gasteiger partial charge in [-0.05, 0) is 58.6 Å². The summed E-state index contributed by atoms with van der Waals surface area (Å²) in [6, 6.07) is 10.1. The van der Waals surface area contributed by atoms with Crippen molar-refractivity contribution in [2.45, 2.75) is 26.4 Å². The first-order valence-electron chi connectivity index (χ1n) is 6.41. The minimum atomic E-state index is -0.279. The summed E-state index contributed by atoms with van der Waals surface area (Å²) in [5.74, 6) is -0.485. The molecular weight excluding hydrogens is 324 g/mol. The molecule has 0 saturated heterocycles. The summed E-state index contributed by atoms with van der Waals surface area (Å²) in [5, 5.41) is 3.27. The lowest BCUT2D eigenvalue weighted by molar-refractivity contribution is 0.557. The summed E-state index contributed by atoms with van der Waals surface area (Å²) in [6.07, 6.45) is 0. The molecule has 1 nitrogen and oxygen atoms in total. The molecule has 2 aromatic carbocycles. The van der Waals surface area contributed by atoms with Gasteiger partial charge in [0.2, 0.25) is 0 Å². The Bertz CT molecular complexity index is 613. The average molecular weight is 340 g/mol. The number of halogens is 3. The van der Waals surface area contributed by atoms with E-state index in [0.717, 1.165) is 11.1 Å². The van der Waals surface area contributed by atoms with Crippen molar-refractivity contribution in [3.05, 3.63) is 69.2 Å². The van der Waals surface area contributed by atoms with Crippen LogP contribution < -0.4 is 5.32 Å². The molecule has 0 aliphatic heterocycles. The zero-order valence-corrected chi connectivity index (χ0v) is 13.0. The Morgan fingerprint density at radius 3 is 2.60 bits per heavy atom. The molecular formula is C16H16BrF2N. The first-order valence-corrected chi connectivity index (χ1v) is 7.20. The van der Waals surface area contributed by atoms with Gasteiger partial charge >= 0.3 is 0 Å². The summed E-state index contributed by atoms with van der Waals surface area (Å²) in [7, 11) is 0. The van der Waals surface area contributed by atoms with Crippen LogP contribution in [0.2, 0.25) is 0 Å². The third-order valence-corrected chi connectivity index (χ3v) is 4.21. The van der Waals surface area contributed by atoms with E-state index >= 15 is 0 Å². The molecule has 0 saturated carbocycles. The second kappa shape index (κ2) is 6.46. The van der Waals surface area contributed by atoms with E-state index in [1.165, 1.54) is 12.1 Å². The zero-order valence-electron chi connectivity index (χ0n) is 11.4. The van der Waals surface area contributed by atoms with Crippen molar-refractivity contribution in [3.8, 4) is 0 Å². The second-order valence-corrected chi connectivity index (χ2v) is 5.62. The molecule has 106 valence electrons. The Morgan fingerprint density at radius 2 is 1.90 bits per heavy atom. The maximum atomic E-state index is 13.5. The van der Waals surface area contributed by atoms with Gasteiger partial charge in [-0.15, -0.1) is 0 Å². The van der Waals surface area contributed by atoms with Gasteiger partial charge in [0.15, 0.2) is 0 Å². The fourth-order valence-corrected chi connectivity index (χ4v) is 2.35. The normalized spacial score (nSPS) is 12.4. The summed E-state index contributed by atoms with van der Waals surface area (Å²) >= 11 is 3.23. The number of benzene rings is 2. The van der Waals surface area contributed by atoms with Crippen molar-refractivity contribution in [3.63, 3.8) is 0 Å². The van der Waals surface area contributed by atoms with E-state index in [9.17, 15) is 8.78 Å². The van der Waals surface area contributed by atoms with Crippen molar-refractivity contribution in [1.29, 1.82) is 0 Å². The van der Waals surface area contributed by atoms with Crippen LogP contribution in [-0.4, -0.2) is 0 Å². The van der Waals surface area contributed by atoms with Gasteiger partial charge < -0.3 is 5.32 Å². The molecule has 0 aromatic heterocycles. The van der Waals surface area contributed by atoms with Crippen molar-refractivity contribution in [1.82, 2.24) is 5.32 Å². The second-order valence-electron chi connectivity index (χ2n) is 4.82. The lowest BCUT2D eigenvalue weighted by Gasteiger charge is -2.16. The largest absolute Gasteiger partial charge is 0.306 e. The van der Waals surface area contributed by atoms with E-state index in [4.69, 9.17) is 0 Å². The third kappa shape index (κ3) is 3.44. The molecule has 0 aliphatic rings. The van der Waals surface area contributed by atoms with Crippen LogP contribution in [0.4, 0.5) is 8.78 Å². The fraction of sp³-hybridized carbons (Fsp3) is 0.250. The van der Waals surface area contributed by atoms with Crippen LogP contribution in [0, 0.1) is 18.6 Å². The van der Waals surface area contributed by atoms with E-state index in [1.807, 2.05) is 19.1 Å². The topological polar surface area (TPSA) is 12.0 Å². The Balaban J connectivity index is 2.06. The number of hydrogen-bond acceptors (Lipinski definition) is 1. The van der Waals surface area contributed by atoms with Crippen LogP contribution in [0.5, 0.6) is 0 Å². The molecule has 0 amide bonds. The highest BCUT2D eigenvalue weighted by Crippen LogP contribution is 2.22. The van der Waals surface area contributed by atoms with Gasteiger partial charge in [-0.3, -0.25) is 0 Å². The summed E-state index contributed by atoms with van der Waals surface area (Å²) < 4.78 is 27.4. The summed E-state index contributed by atoms with van der Waals surface area (Å²) in [4.78, 5) is 0. The van der Waals surface area contributed by atoms with Crippen molar-refractivity contribution in [2.24, 2.45) is 0 Å². The molecule has 2 rings (SSSR count). The maximum Gasteiger partial charge on any atom is 0.137 e. The molecule has 0 radical (unpaired) electrons. The molecule has 0 aliphatic carbocycles. The SMILES string of the molecule is Cc1ccc(C(C)NCc2cccc(F)c2Br)cc1F. The van der Waals surface area contributed by atoms with Gasteiger partial charge in [0.05, 0.1) is 4.47 Å². The molecule has 1 atom stereocenters. The van der Waals surface area contributed by atoms with Gasteiger partial charge in [0, 0.05) is 12.6 Å². The first kappa shape index (κ1) is 15.1. The van der Waals surface area contributed by atoms with E-state index in [1.54, 1.807) is 19.1 Å². The van der Waals surface area contributed by atoms with Gasteiger partial charge in [0.25, 0.3) is 0 Å². The van der Waals surface area contributed by atoms with Crippen LogP contribution in [0.15, 0.2) is 40.9 Å². The van der Waals surface area contributed by atoms with E-state index in [0.29, 0.717) is 16.6 Å². The lowest BCUT2D eigenvalue weighted by Crippen LogP contribution is -2.18. The Labute approximate surface area is 126 Å². The number of rotatable bonds is 4. The predicted octanol–water partition coefficient (Wildman–Crippen LogP) is 4.89. The number of hydrogen-bond donors (Lipinski definition) is 1. The number of aryl methyl sites for hydroxylation is 1. The molecule has 2 aromatic rings. The first-order chi connectivity index (χ1) is 9.49. The monoisotopic (exact) mass is 339 g/mol. The standard InChI is InChI=1S/C16H16BrF2N/c1-10-6-7-12(8-15(10)19)11(2)20-9-13-4-3-5-14(18)16(13)17/h3-8,11,20H,9H2,1-2H3. The Kier molecular flexibility index (Phi) is 4.89. The average Bonchev–Trinajstić information content (AvgIpc) is 2.43. The van der Waals surface area contributed by atoms with Crippen molar-refractivity contribution >= 4 is 15.9 Å². The van der Waals surface area contributed by atoms with E-state index < -0.39 is 0 Å². The molecule has 0 fully saturated rings. The van der Waals surface area contributed by atoms with Crippen LogP contribution >= 0.6 is 15.9 Å². The van der Waals surface area contributed by atoms with Gasteiger partial charge in [-0.2, -0.15) is 0 Å². The Morgan fingerprint density at radius 1 is 1.15 bits per heavy atom. The zero-order chi connectivity index (χ0) is 14.7. The van der Waals surface area contributed by atoms with Crippen molar-refractivity contribution < 1.29 is 8.78 Å². The predicted molar refractivity (Wildman–Crippen MR) is 80.5 cm³/mol. The highest BCUT2D eigenvalue weighted by atomic mass is 79.9. The number of nitrogens with one attached hydrogen (secondary N) is 1. The molecule has 4 heteroatoms.